The Kier molecular flexibility index (Phi) is 4.73. The highest BCUT2D eigenvalue weighted by Crippen LogP contribution is 2.47. The Morgan fingerprint density at radius 1 is 1.47 bits per heavy atom. The summed E-state index contributed by atoms with van der Waals surface area (Å²) in [6.07, 6.45) is 1.38. The quantitative estimate of drug-likeness (QED) is 0.496. The average molecular weight is 287 g/mol. The van der Waals surface area contributed by atoms with E-state index in [1.807, 2.05) is 11.9 Å². The van der Waals surface area contributed by atoms with E-state index < -0.39 is 22.7 Å². The molecule has 0 aromatic heterocycles. The van der Waals surface area contributed by atoms with Crippen LogP contribution >= 0.6 is 7.60 Å². The predicted molar refractivity (Wildman–Crippen MR) is 62.2 cm³/mol. The summed E-state index contributed by atoms with van der Waals surface area (Å²) in [5.74, 6) is -0.117. The largest absolute Gasteiger partial charge is 0.346 e. The molecule has 1 aliphatic heterocycles. The highest BCUT2D eigenvalue weighted by Gasteiger charge is 2.41. The molecular weight excluding hydrogens is 269 g/mol. The van der Waals surface area contributed by atoms with Gasteiger partial charge < -0.3 is 14.7 Å². The van der Waals surface area contributed by atoms with Crippen molar-refractivity contribution < 1.29 is 27.3 Å². The van der Waals surface area contributed by atoms with E-state index in [4.69, 9.17) is 14.3 Å². The van der Waals surface area contributed by atoms with Gasteiger partial charge in [0.25, 0.3) is 10.1 Å². The fraction of sp³-hybridized carbons (Fsp3) is 1.00. The Balaban J connectivity index is 2.78. The highest BCUT2D eigenvalue weighted by molar-refractivity contribution is 7.93. The van der Waals surface area contributed by atoms with Gasteiger partial charge in [0.15, 0.2) is 4.99 Å². The van der Waals surface area contributed by atoms with Gasteiger partial charge in [-0.2, -0.15) is 8.42 Å². The molecule has 0 amide bonds. The van der Waals surface area contributed by atoms with E-state index in [0.29, 0.717) is 6.54 Å². The number of hydrogen-bond acceptors (Lipinski definition) is 4. The number of likely N-dealkylation sites (tertiary alicyclic amines) is 1. The summed E-state index contributed by atoms with van der Waals surface area (Å²) in [4.78, 5) is 17.9. The Morgan fingerprint density at radius 2 is 2.06 bits per heavy atom. The Bertz CT molecular complexity index is 404. The van der Waals surface area contributed by atoms with Gasteiger partial charge in [-0.15, -0.1) is 0 Å². The molecule has 102 valence electrons. The standard InChI is InChI=1S/C8H18NO6PS/c1-9-4-2-3-7(6-9)5-8(16(10,11)12)17(13,14)15/h7-8H,2-6H2,1H3,(H2,10,11,12)(H,13,14,15). The summed E-state index contributed by atoms with van der Waals surface area (Å²) >= 11 is 0. The third-order valence-corrected chi connectivity index (χ3v) is 6.44. The van der Waals surface area contributed by atoms with Crippen LogP contribution in [0.4, 0.5) is 0 Å². The molecule has 1 fully saturated rings. The number of nitrogens with zero attached hydrogens (tertiary/aromatic N) is 1. The maximum absolute atomic E-state index is 11.1. The summed E-state index contributed by atoms with van der Waals surface area (Å²) in [5.41, 5.74) is 0. The molecule has 0 radical (unpaired) electrons. The van der Waals surface area contributed by atoms with Crippen molar-refractivity contribution in [3.63, 3.8) is 0 Å². The van der Waals surface area contributed by atoms with E-state index in [9.17, 15) is 13.0 Å². The normalized spacial score (nSPS) is 25.8. The van der Waals surface area contributed by atoms with Gasteiger partial charge in [0.2, 0.25) is 0 Å². The van der Waals surface area contributed by atoms with E-state index >= 15 is 0 Å². The summed E-state index contributed by atoms with van der Waals surface area (Å²) in [6.45, 7) is 1.48. The van der Waals surface area contributed by atoms with Crippen LogP contribution in [0.5, 0.6) is 0 Å². The molecule has 0 spiro atoms. The molecule has 7 nitrogen and oxygen atoms in total. The topological polar surface area (TPSA) is 115 Å². The van der Waals surface area contributed by atoms with Crippen molar-refractivity contribution in [2.45, 2.75) is 24.3 Å². The minimum atomic E-state index is -4.84. The van der Waals surface area contributed by atoms with Gasteiger partial charge in [0.05, 0.1) is 0 Å². The lowest BCUT2D eigenvalue weighted by Gasteiger charge is -2.31. The van der Waals surface area contributed by atoms with Gasteiger partial charge >= 0.3 is 7.60 Å². The summed E-state index contributed by atoms with van der Waals surface area (Å²) in [6, 6.07) is 0. The molecule has 0 aromatic rings. The van der Waals surface area contributed by atoms with E-state index in [0.717, 1.165) is 19.4 Å². The lowest BCUT2D eigenvalue weighted by atomic mass is 9.96. The van der Waals surface area contributed by atoms with E-state index in [1.54, 1.807) is 0 Å². The first-order valence-electron chi connectivity index (χ1n) is 5.31. The lowest BCUT2D eigenvalue weighted by Crippen LogP contribution is -2.35. The number of rotatable bonds is 4. The SMILES string of the molecule is CN1CCCC(CC(P(=O)(O)O)S(=O)(=O)O)C1. The molecule has 0 aliphatic carbocycles. The fourth-order valence-electron chi connectivity index (χ4n) is 2.18. The van der Waals surface area contributed by atoms with Gasteiger partial charge in [-0.05, 0) is 38.8 Å². The smallest absolute Gasteiger partial charge is 0.323 e. The van der Waals surface area contributed by atoms with Crippen LogP contribution in [-0.2, 0) is 14.7 Å². The molecule has 1 saturated heterocycles. The second kappa shape index (κ2) is 5.34. The second-order valence-corrected chi connectivity index (χ2v) is 8.31. The maximum Gasteiger partial charge on any atom is 0.346 e. The van der Waals surface area contributed by atoms with Crippen LogP contribution < -0.4 is 0 Å². The van der Waals surface area contributed by atoms with Crippen molar-refractivity contribution in [3.05, 3.63) is 0 Å². The Morgan fingerprint density at radius 3 is 2.47 bits per heavy atom. The first-order chi connectivity index (χ1) is 7.60. The zero-order chi connectivity index (χ0) is 13.3. The van der Waals surface area contributed by atoms with Crippen molar-refractivity contribution in [2.24, 2.45) is 5.92 Å². The molecule has 3 N–H and O–H groups in total. The molecular formula is C8H18NO6PS. The zero-order valence-corrected chi connectivity index (χ0v) is 11.3. The van der Waals surface area contributed by atoms with Crippen molar-refractivity contribution in [3.8, 4) is 0 Å². The second-order valence-electron chi connectivity index (χ2n) is 4.56. The predicted octanol–water partition coefficient (Wildman–Crippen LogP) is 0.110. The van der Waals surface area contributed by atoms with Crippen LogP contribution in [0, 0.1) is 5.92 Å². The summed E-state index contributed by atoms with van der Waals surface area (Å²) in [7, 11) is -7.69. The van der Waals surface area contributed by atoms with Crippen LogP contribution in [0.15, 0.2) is 0 Å². The minimum absolute atomic E-state index is 0.117. The molecule has 2 atom stereocenters. The van der Waals surface area contributed by atoms with Crippen LogP contribution in [0.3, 0.4) is 0 Å². The van der Waals surface area contributed by atoms with Crippen molar-refractivity contribution in [2.75, 3.05) is 20.1 Å². The van der Waals surface area contributed by atoms with Gasteiger partial charge in [-0.3, -0.25) is 9.12 Å². The first kappa shape index (κ1) is 15.1. The fourth-order valence-corrected chi connectivity index (χ4v) is 4.66. The molecule has 0 bridgehead atoms. The van der Waals surface area contributed by atoms with Crippen LogP contribution in [0.25, 0.3) is 0 Å². The van der Waals surface area contributed by atoms with Crippen molar-refractivity contribution in [1.29, 1.82) is 0 Å². The van der Waals surface area contributed by atoms with Gasteiger partial charge in [0.1, 0.15) is 0 Å². The number of hydrogen-bond donors (Lipinski definition) is 3. The average Bonchev–Trinajstić information content (AvgIpc) is 2.10. The molecule has 0 saturated carbocycles. The summed E-state index contributed by atoms with van der Waals surface area (Å²) < 4.78 is 41.9. The molecule has 9 heteroatoms. The Hall–Kier alpha value is 0.0200. The molecule has 0 aromatic carbocycles. The maximum atomic E-state index is 11.1. The van der Waals surface area contributed by atoms with Crippen LogP contribution in [0.1, 0.15) is 19.3 Å². The van der Waals surface area contributed by atoms with Crippen LogP contribution in [-0.4, -0.2) is 52.8 Å². The van der Waals surface area contributed by atoms with Crippen molar-refractivity contribution in [1.82, 2.24) is 4.90 Å². The highest BCUT2D eigenvalue weighted by atomic mass is 32.2. The molecule has 17 heavy (non-hydrogen) atoms. The van der Waals surface area contributed by atoms with Crippen LogP contribution in [0.2, 0.25) is 0 Å². The van der Waals surface area contributed by atoms with Crippen molar-refractivity contribution >= 4 is 17.7 Å². The Labute approximate surface area is 101 Å². The van der Waals surface area contributed by atoms with E-state index in [2.05, 4.69) is 0 Å². The molecule has 2 unspecified atom stereocenters. The molecule has 1 heterocycles. The van der Waals surface area contributed by atoms with Gasteiger partial charge in [-0.1, -0.05) is 0 Å². The molecule has 1 rings (SSSR count). The molecule has 1 aliphatic rings. The summed E-state index contributed by atoms with van der Waals surface area (Å²) in [5, 5.41) is 0. The zero-order valence-electron chi connectivity index (χ0n) is 9.56. The van der Waals surface area contributed by atoms with Gasteiger partial charge in [0, 0.05) is 6.54 Å². The van der Waals surface area contributed by atoms with Gasteiger partial charge in [-0.25, -0.2) is 0 Å². The minimum Gasteiger partial charge on any atom is -0.323 e. The third-order valence-electron chi connectivity index (χ3n) is 2.98. The first-order valence-corrected chi connectivity index (χ1v) is 8.49. The van der Waals surface area contributed by atoms with E-state index in [1.165, 1.54) is 0 Å². The number of piperidine rings is 1. The lowest BCUT2D eigenvalue weighted by molar-refractivity contribution is 0.201. The third kappa shape index (κ3) is 4.65. The monoisotopic (exact) mass is 287 g/mol. The van der Waals surface area contributed by atoms with E-state index in [-0.39, 0.29) is 12.3 Å².